The molecule has 4 heteroatoms. The molecular formula is C26H46O4. The van der Waals surface area contributed by atoms with E-state index in [0.29, 0.717) is 19.4 Å². The Labute approximate surface area is 185 Å². The predicted octanol–water partition coefficient (Wildman–Crippen LogP) is 7.19. The number of fused-ring (bicyclic) bond motifs is 1. The van der Waals surface area contributed by atoms with E-state index in [9.17, 15) is 9.59 Å². The highest BCUT2D eigenvalue weighted by Crippen LogP contribution is 2.41. The minimum absolute atomic E-state index is 0.0359. The molecule has 0 saturated carbocycles. The summed E-state index contributed by atoms with van der Waals surface area (Å²) in [6.45, 7) is 14.7. The minimum atomic E-state index is -0.722. The first-order valence-electron chi connectivity index (χ1n) is 12.0. The van der Waals surface area contributed by atoms with Gasteiger partial charge in [0.2, 0.25) is 0 Å². The molecule has 174 valence electrons. The van der Waals surface area contributed by atoms with E-state index in [-0.39, 0.29) is 5.97 Å². The second kappa shape index (κ2) is 15.3. The molecule has 1 fully saturated rings. The standard InChI is InChI=1S/C13H20.C6H12O2.C5H8O2.C2H6/c1-3-12-10(2)8-9-11-6-4-5-7-13(11)12;1-4-6(2,3)5(7)8;6-5-3-1-2-4-7-5;1-2/h6,8-10,12-13H,3-5,7H2,1-2H3;4H2,1-3H3,(H,7,8);1-4H2;1-2H3/t10-,12-,13-;;;/m0.../s1. The smallest absolute Gasteiger partial charge is 0.309 e. The molecule has 3 rings (SSSR count). The molecular weight excluding hydrogens is 376 g/mol. The van der Waals surface area contributed by atoms with Crippen LogP contribution < -0.4 is 0 Å². The second-order valence-electron chi connectivity index (χ2n) is 8.75. The second-order valence-corrected chi connectivity index (χ2v) is 8.75. The van der Waals surface area contributed by atoms with Crippen molar-refractivity contribution in [3.8, 4) is 0 Å². The molecule has 3 atom stereocenters. The normalized spacial score (nSPS) is 24.8. The Bertz CT molecular complexity index is 551. The van der Waals surface area contributed by atoms with E-state index in [4.69, 9.17) is 5.11 Å². The highest BCUT2D eigenvalue weighted by atomic mass is 16.5. The van der Waals surface area contributed by atoms with Crippen molar-refractivity contribution in [1.82, 2.24) is 0 Å². The topological polar surface area (TPSA) is 63.6 Å². The summed E-state index contributed by atoms with van der Waals surface area (Å²) in [5.74, 6) is 1.84. The molecule has 2 aliphatic carbocycles. The largest absolute Gasteiger partial charge is 0.481 e. The van der Waals surface area contributed by atoms with Gasteiger partial charge < -0.3 is 9.84 Å². The van der Waals surface area contributed by atoms with Crippen molar-refractivity contribution in [2.24, 2.45) is 23.2 Å². The van der Waals surface area contributed by atoms with E-state index in [1.165, 1.54) is 25.7 Å². The summed E-state index contributed by atoms with van der Waals surface area (Å²) in [7, 11) is 0. The van der Waals surface area contributed by atoms with Crippen molar-refractivity contribution in [2.45, 2.75) is 99.8 Å². The van der Waals surface area contributed by atoms with Gasteiger partial charge in [-0.1, -0.05) is 59.3 Å². The summed E-state index contributed by atoms with van der Waals surface area (Å²) in [6.07, 6.45) is 16.1. The van der Waals surface area contributed by atoms with Crippen LogP contribution in [-0.2, 0) is 14.3 Å². The lowest BCUT2D eigenvalue weighted by Crippen LogP contribution is -2.26. The monoisotopic (exact) mass is 422 g/mol. The van der Waals surface area contributed by atoms with Crippen LogP contribution in [-0.4, -0.2) is 23.7 Å². The third kappa shape index (κ3) is 9.95. The maximum absolute atomic E-state index is 10.3. The van der Waals surface area contributed by atoms with Gasteiger partial charge >= 0.3 is 11.9 Å². The molecule has 0 spiro atoms. The fourth-order valence-electron chi connectivity index (χ4n) is 3.79. The first-order valence-corrected chi connectivity index (χ1v) is 12.0. The summed E-state index contributed by atoms with van der Waals surface area (Å²) >= 11 is 0. The summed E-state index contributed by atoms with van der Waals surface area (Å²) in [6, 6.07) is 0. The van der Waals surface area contributed by atoms with Crippen LogP contribution in [0.3, 0.4) is 0 Å². The molecule has 0 aromatic heterocycles. The third-order valence-corrected chi connectivity index (χ3v) is 6.28. The quantitative estimate of drug-likeness (QED) is 0.489. The van der Waals surface area contributed by atoms with E-state index in [2.05, 4.69) is 36.8 Å². The summed E-state index contributed by atoms with van der Waals surface area (Å²) < 4.78 is 4.64. The van der Waals surface area contributed by atoms with Crippen molar-refractivity contribution in [3.05, 3.63) is 23.8 Å². The Balaban J connectivity index is 0.000000430. The molecule has 0 amide bonds. The Morgan fingerprint density at radius 2 is 1.87 bits per heavy atom. The van der Waals surface area contributed by atoms with Gasteiger partial charge in [-0.25, -0.2) is 0 Å². The number of ether oxygens (including phenoxy) is 1. The van der Waals surface area contributed by atoms with Crippen LogP contribution in [0, 0.1) is 23.2 Å². The lowest BCUT2D eigenvalue weighted by Gasteiger charge is -2.36. The SMILES string of the molecule is CC.CCC(C)(C)C(=O)O.CC[C@H]1[C@@H](C)C=CC2=CCCC[C@@H]21.O=C1CCCCO1. The van der Waals surface area contributed by atoms with Crippen molar-refractivity contribution < 1.29 is 19.4 Å². The summed E-state index contributed by atoms with van der Waals surface area (Å²) in [5.41, 5.74) is 1.09. The number of rotatable bonds is 3. The van der Waals surface area contributed by atoms with Crippen molar-refractivity contribution >= 4 is 11.9 Å². The maximum atomic E-state index is 10.3. The van der Waals surface area contributed by atoms with Crippen LogP contribution in [0.15, 0.2) is 23.8 Å². The average Bonchev–Trinajstić information content (AvgIpc) is 2.76. The van der Waals surface area contributed by atoms with Crippen molar-refractivity contribution in [2.75, 3.05) is 6.61 Å². The molecule has 1 heterocycles. The lowest BCUT2D eigenvalue weighted by molar-refractivity contribution is -0.147. The van der Waals surface area contributed by atoms with Crippen molar-refractivity contribution in [1.29, 1.82) is 0 Å². The fraction of sp³-hybridized carbons (Fsp3) is 0.769. The Hall–Kier alpha value is -1.58. The fourth-order valence-corrected chi connectivity index (χ4v) is 3.79. The lowest BCUT2D eigenvalue weighted by atomic mass is 9.69. The molecule has 1 aliphatic heterocycles. The van der Waals surface area contributed by atoms with Crippen LogP contribution in [0.2, 0.25) is 0 Å². The predicted molar refractivity (Wildman–Crippen MR) is 125 cm³/mol. The summed E-state index contributed by atoms with van der Waals surface area (Å²) in [4.78, 5) is 20.5. The maximum Gasteiger partial charge on any atom is 0.309 e. The van der Waals surface area contributed by atoms with Gasteiger partial charge in [0.15, 0.2) is 0 Å². The molecule has 0 radical (unpaired) electrons. The zero-order valence-corrected chi connectivity index (χ0v) is 20.5. The molecule has 30 heavy (non-hydrogen) atoms. The molecule has 4 nitrogen and oxygen atoms in total. The first kappa shape index (κ1) is 28.4. The number of esters is 1. The van der Waals surface area contributed by atoms with Gasteiger partial charge in [0, 0.05) is 6.42 Å². The number of carboxylic acids is 1. The van der Waals surface area contributed by atoms with Gasteiger partial charge in [0.1, 0.15) is 0 Å². The number of allylic oxidation sites excluding steroid dienone is 4. The van der Waals surface area contributed by atoms with Gasteiger partial charge in [-0.15, -0.1) is 0 Å². The van der Waals surface area contributed by atoms with Crippen LogP contribution in [0.5, 0.6) is 0 Å². The number of cyclic esters (lactones) is 1. The molecule has 0 aromatic carbocycles. The zero-order chi connectivity index (χ0) is 23.2. The van der Waals surface area contributed by atoms with Crippen molar-refractivity contribution in [3.63, 3.8) is 0 Å². The van der Waals surface area contributed by atoms with Crippen LogP contribution in [0.4, 0.5) is 0 Å². The number of aliphatic carboxylic acids is 1. The summed E-state index contributed by atoms with van der Waals surface area (Å²) in [5, 5.41) is 8.44. The molecule has 1 N–H and O–H groups in total. The van der Waals surface area contributed by atoms with Gasteiger partial charge in [0.05, 0.1) is 12.0 Å². The number of hydrogen-bond acceptors (Lipinski definition) is 3. The third-order valence-electron chi connectivity index (χ3n) is 6.28. The zero-order valence-electron chi connectivity index (χ0n) is 20.5. The van der Waals surface area contributed by atoms with Gasteiger partial charge in [-0.3, -0.25) is 9.59 Å². The molecule has 1 saturated heterocycles. The number of carbonyl (C=O) groups excluding carboxylic acids is 1. The van der Waals surface area contributed by atoms with E-state index in [1.54, 1.807) is 19.4 Å². The molecule has 3 aliphatic rings. The van der Waals surface area contributed by atoms with Crippen LogP contribution in [0.1, 0.15) is 99.8 Å². The van der Waals surface area contributed by atoms with Crippen LogP contribution in [0.25, 0.3) is 0 Å². The molecule has 0 bridgehead atoms. The van der Waals surface area contributed by atoms with E-state index < -0.39 is 11.4 Å². The Morgan fingerprint density at radius 1 is 1.20 bits per heavy atom. The van der Waals surface area contributed by atoms with E-state index in [0.717, 1.165) is 30.6 Å². The van der Waals surface area contributed by atoms with E-state index in [1.807, 2.05) is 20.8 Å². The first-order chi connectivity index (χ1) is 14.2. The highest BCUT2D eigenvalue weighted by molar-refractivity contribution is 5.73. The number of carboxylic acid groups (broad SMARTS) is 1. The van der Waals surface area contributed by atoms with Crippen LogP contribution >= 0.6 is 0 Å². The van der Waals surface area contributed by atoms with Gasteiger partial charge in [0.25, 0.3) is 0 Å². The molecule has 0 unspecified atom stereocenters. The Morgan fingerprint density at radius 3 is 2.27 bits per heavy atom. The van der Waals surface area contributed by atoms with Gasteiger partial charge in [-0.05, 0) is 75.7 Å². The average molecular weight is 423 g/mol. The van der Waals surface area contributed by atoms with Gasteiger partial charge in [-0.2, -0.15) is 0 Å². The Kier molecular flexibility index (Phi) is 14.5. The number of hydrogen-bond donors (Lipinski definition) is 1. The number of carbonyl (C=O) groups is 2. The van der Waals surface area contributed by atoms with E-state index >= 15 is 0 Å². The highest BCUT2D eigenvalue weighted by Gasteiger charge is 2.30. The molecule has 0 aromatic rings. The minimum Gasteiger partial charge on any atom is -0.481 e.